The lowest BCUT2D eigenvalue weighted by Crippen LogP contribution is -2.27. The quantitative estimate of drug-likeness (QED) is 0.476. The third-order valence-corrected chi connectivity index (χ3v) is 3.17. The van der Waals surface area contributed by atoms with Crippen LogP contribution in [-0.4, -0.2) is 21.4 Å². The molecule has 0 radical (unpaired) electrons. The normalized spacial score (nSPS) is 16.4. The smallest absolute Gasteiger partial charge is 0.157 e. The average Bonchev–Trinajstić information content (AvgIpc) is 2.21. The minimum atomic E-state index is -0.436. The summed E-state index contributed by atoms with van der Waals surface area (Å²) in [5, 5.41) is 28.4. The minimum absolute atomic E-state index is 0.149. The molecular formula is C13H17NO3. The maximum absolute atomic E-state index is 9.87. The van der Waals surface area contributed by atoms with Gasteiger partial charge in [0.1, 0.15) is 5.76 Å². The van der Waals surface area contributed by atoms with E-state index in [0.29, 0.717) is 6.42 Å². The van der Waals surface area contributed by atoms with Crippen LogP contribution in [-0.2, 0) is 6.42 Å². The number of phenolic OH excluding ortho intramolecular Hbond substituents is 2. The van der Waals surface area contributed by atoms with Gasteiger partial charge in [0.2, 0.25) is 0 Å². The molecule has 0 aromatic heterocycles. The molecule has 4 heteroatoms. The maximum atomic E-state index is 9.87. The van der Waals surface area contributed by atoms with Gasteiger partial charge in [0.15, 0.2) is 11.5 Å². The van der Waals surface area contributed by atoms with Gasteiger partial charge in [0.25, 0.3) is 0 Å². The molecule has 1 aromatic carbocycles. The van der Waals surface area contributed by atoms with E-state index in [0.717, 1.165) is 30.4 Å². The van der Waals surface area contributed by atoms with Gasteiger partial charge in [-0.2, -0.15) is 0 Å². The number of aliphatic hydroxyl groups is 1. The highest BCUT2D eigenvalue weighted by Crippen LogP contribution is 2.30. The van der Waals surface area contributed by atoms with E-state index in [-0.39, 0.29) is 17.3 Å². The van der Waals surface area contributed by atoms with Crippen LogP contribution in [0.15, 0.2) is 29.5 Å². The van der Waals surface area contributed by atoms with E-state index >= 15 is 0 Å². The Hall–Kier alpha value is -1.68. The van der Waals surface area contributed by atoms with E-state index in [1.165, 1.54) is 12.1 Å². The van der Waals surface area contributed by atoms with E-state index in [1.54, 1.807) is 6.07 Å². The fraction of sp³-hybridized carbons (Fsp3) is 0.385. The molecule has 0 aliphatic heterocycles. The van der Waals surface area contributed by atoms with Crippen LogP contribution in [0.2, 0.25) is 0 Å². The van der Waals surface area contributed by atoms with Crippen molar-refractivity contribution >= 4 is 0 Å². The van der Waals surface area contributed by atoms with Crippen LogP contribution in [0.25, 0.3) is 0 Å². The first-order valence-electron chi connectivity index (χ1n) is 5.75. The Kier molecular flexibility index (Phi) is 3.24. The van der Waals surface area contributed by atoms with Crippen LogP contribution in [0.1, 0.15) is 24.8 Å². The topological polar surface area (TPSA) is 86.7 Å². The van der Waals surface area contributed by atoms with Gasteiger partial charge in [0.05, 0.1) is 6.04 Å². The molecule has 1 aliphatic carbocycles. The molecule has 1 saturated carbocycles. The van der Waals surface area contributed by atoms with Gasteiger partial charge < -0.3 is 21.1 Å². The number of hydrogen-bond acceptors (Lipinski definition) is 4. The number of aromatic hydroxyl groups is 2. The number of benzene rings is 1. The largest absolute Gasteiger partial charge is 0.511 e. The van der Waals surface area contributed by atoms with Gasteiger partial charge in [-0.25, -0.2) is 0 Å². The van der Waals surface area contributed by atoms with Crippen molar-refractivity contribution in [2.24, 2.45) is 5.73 Å². The predicted octanol–water partition coefficient (Wildman–Crippen LogP) is 1.96. The minimum Gasteiger partial charge on any atom is -0.511 e. The lowest BCUT2D eigenvalue weighted by Gasteiger charge is -2.22. The highest BCUT2D eigenvalue weighted by Gasteiger charge is 2.19. The SMILES string of the molecule is NC(Cc1ccc(O)c(O)c1)C(O)=C1CCC1. The van der Waals surface area contributed by atoms with Crippen molar-refractivity contribution in [3.05, 3.63) is 35.1 Å². The number of phenols is 2. The summed E-state index contributed by atoms with van der Waals surface area (Å²) in [6.45, 7) is 0. The van der Waals surface area contributed by atoms with Crippen molar-refractivity contribution in [1.82, 2.24) is 0 Å². The molecule has 0 spiro atoms. The standard InChI is InChI=1S/C13H17NO3/c14-10(13(17)9-2-1-3-9)6-8-4-5-11(15)12(16)7-8/h4-5,7,10,15-17H,1-3,6,14H2. The van der Waals surface area contributed by atoms with Gasteiger partial charge in [-0.1, -0.05) is 6.07 Å². The Morgan fingerprint density at radius 3 is 2.47 bits per heavy atom. The first kappa shape index (κ1) is 11.8. The van der Waals surface area contributed by atoms with Crippen LogP contribution >= 0.6 is 0 Å². The van der Waals surface area contributed by atoms with Gasteiger partial charge in [-0.05, 0) is 49.0 Å². The molecule has 0 bridgehead atoms. The molecular weight excluding hydrogens is 218 g/mol. The summed E-state index contributed by atoms with van der Waals surface area (Å²) < 4.78 is 0. The molecule has 1 aromatic rings. The summed E-state index contributed by atoms with van der Waals surface area (Å²) in [7, 11) is 0. The van der Waals surface area contributed by atoms with Crippen molar-refractivity contribution in [2.75, 3.05) is 0 Å². The van der Waals surface area contributed by atoms with Crippen LogP contribution < -0.4 is 5.73 Å². The molecule has 5 N–H and O–H groups in total. The summed E-state index contributed by atoms with van der Waals surface area (Å²) in [6.07, 6.45) is 3.43. The molecule has 1 aliphatic rings. The van der Waals surface area contributed by atoms with Crippen molar-refractivity contribution in [1.29, 1.82) is 0 Å². The van der Waals surface area contributed by atoms with E-state index in [2.05, 4.69) is 0 Å². The van der Waals surface area contributed by atoms with Crippen molar-refractivity contribution in [3.63, 3.8) is 0 Å². The number of hydrogen-bond donors (Lipinski definition) is 4. The highest BCUT2D eigenvalue weighted by atomic mass is 16.3. The van der Waals surface area contributed by atoms with Crippen LogP contribution in [0.4, 0.5) is 0 Å². The number of allylic oxidation sites excluding steroid dienone is 1. The fourth-order valence-corrected chi connectivity index (χ4v) is 1.92. The first-order valence-corrected chi connectivity index (χ1v) is 5.75. The zero-order chi connectivity index (χ0) is 12.4. The first-order chi connectivity index (χ1) is 8.08. The second kappa shape index (κ2) is 4.67. The molecule has 1 atom stereocenters. The summed E-state index contributed by atoms with van der Waals surface area (Å²) in [4.78, 5) is 0. The molecule has 92 valence electrons. The number of aliphatic hydroxyl groups excluding tert-OH is 1. The number of rotatable bonds is 3. The lowest BCUT2D eigenvalue weighted by atomic mass is 9.88. The van der Waals surface area contributed by atoms with Gasteiger partial charge in [-0.15, -0.1) is 0 Å². The second-order valence-electron chi connectivity index (χ2n) is 4.48. The molecule has 2 rings (SSSR count). The van der Waals surface area contributed by atoms with E-state index in [1.807, 2.05) is 0 Å². The maximum Gasteiger partial charge on any atom is 0.157 e. The zero-order valence-corrected chi connectivity index (χ0v) is 9.56. The third kappa shape index (κ3) is 2.53. The van der Waals surface area contributed by atoms with Crippen LogP contribution in [0, 0.1) is 0 Å². The third-order valence-electron chi connectivity index (χ3n) is 3.17. The Morgan fingerprint density at radius 2 is 1.94 bits per heavy atom. The Balaban J connectivity index is 2.07. The summed E-state index contributed by atoms with van der Waals surface area (Å²) in [5.41, 5.74) is 7.73. The monoisotopic (exact) mass is 235 g/mol. The molecule has 4 nitrogen and oxygen atoms in total. The van der Waals surface area contributed by atoms with Crippen LogP contribution in [0.5, 0.6) is 11.5 Å². The van der Waals surface area contributed by atoms with Crippen molar-refractivity contribution in [3.8, 4) is 11.5 Å². The molecule has 0 heterocycles. The fourth-order valence-electron chi connectivity index (χ4n) is 1.92. The Bertz CT molecular complexity index is 448. The van der Waals surface area contributed by atoms with E-state index in [9.17, 15) is 15.3 Å². The lowest BCUT2D eigenvalue weighted by molar-refractivity contribution is 0.343. The Labute approximate surface area is 100 Å². The van der Waals surface area contributed by atoms with E-state index in [4.69, 9.17) is 5.73 Å². The van der Waals surface area contributed by atoms with Crippen molar-refractivity contribution in [2.45, 2.75) is 31.7 Å². The van der Waals surface area contributed by atoms with E-state index < -0.39 is 6.04 Å². The molecule has 1 fully saturated rings. The molecule has 0 amide bonds. The second-order valence-corrected chi connectivity index (χ2v) is 4.48. The van der Waals surface area contributed by atoms with Crippen LogP contribution in [0.3, 0.4) is 0 Å². The van der Waals surface area contributed by atoms with Gasteiger partial charge in [-0.3, -0.25) is 0 Å². The zero-order valence-electron chi connectivity index (χ0n) is 9.56. The average molecular weight is 235 g/mol. The summed E-state index contributed by atoms with van der Waals surface area (Å²) in [5.74, 6) is -0.0295. The highest BCUT2D eigenvalue weighted by molar-refractivity contribution is 5.41. The van der Waals surface area contributed by atoms with Gasteiger partial charge >= 0.3 is 0 Å². The molecule has 1 unspecified atom stereocenters. The predicted molar refractivity (Wildman–Crippen MR) is 65.0 cm³/mol. The summed E-state index contributed by atoms with van der Waals surface area (Å²) in [6, 6.07) is 4.14. The number of nitrogens with two attached hydrogens (primary N) is 1. The summed E-state index contributed by atoms with van der Waals surface area (Å²) >= 11 is 0. The van der Waals surface area contributed by atoms with Gasteiger partial charge in [0, 0.05) is 0 Å². The Morgan fingerprint density at radius 1 is 1.24 bits per heavy atom. The molecule has 17 heavy (non-hydrogen) atoms. The molecule has 0 saturated heterocycles. The van der Waals surface area contributed by atoms with Crippen molar-refractivity contribution < 1.29 is 15.3 Å².